The zero-order valence-electron chi connectivity index (χ0n) is 12.0. The molecular formula is C15H24N2O2. The second-order valence-electron chi connectivity index (χ2n) is 4.88. The Morgan fingerprint density at radius 2 is 2.00 bits per heavy atom. The van der Waals surface area contributed by atoms with Crippen LogP contribution in [0, 0.1) is 6.92 Å². The van der Waals surface area contributed by atoms with E-state index in [0.29, 0.717) is 13.0 Å². The van der Waals surface area contributed by atoms with Crippen molar-refractivity contribution in [1.82, 2.24) is 5.32 Å². The summed E-state index contributed by atoms with van der Waals surface area (Å²) in [5.41, 5.74) is 6.92. The fourth-order valence-electron chi connectivity index (χ4n) is 1.71. The minimum atomic E-state index is -0.420. The van der Waals surface area contributed by atoms with Crippen molar-refractivity contribution in [3.8, 4) is 5.75 Å². The van der Waals surface area contributed by atoms with E-state index < -0.39 is 6.04 Å². The summed E-state index contributed by atoms with van der Waals surface area (Å²) in [6.07, 6.45) is 1.53. The van der Waals surface area contributed by atoms with Crippen molar-refractivity contribution in [2.24, 2.45) is 5.73 Å². The van der Waals surface area contributed by atoms with E-state index in [2.05, 4.69) is 5.32 Å². The normalized spacial score (nSPS) is 13.7. The lowest BCUT2D eigenvalue weighted by atomic mass is 10.1. The highest BCUT2D eigenvalue weighted by Crippen LogP contribution is 2.12. The Hall–Kier alpha value is -1.55. The van der Waals surface area contributed by atoms with Crippen molar-refractivity contribution in [3.05, 3.63) is 29.8 Å². The first-order valence-electron chi connectivity index (χ1n) is 6.79. The molecule has 3 N–H and O–H groups in total. The van der Waals surface area contributed by atoms with Gasteiger partial charge in [-0.2, -0.15) is 0 Å². The van der Waals surface area contributed by atoms with Crippen LogP contribution >= 0.6 is 0 Å². The Morgan fingerprint density at radius 3 is 2.58 bits per heavy atom. The smallest absolute Gasteiger partial charge is 0.237 e. The zero-order valence-corrected chi connectivity index (χ0v) is 12.0. The molecule has 0 aromatic heterocycles. The Kier molecular flexibility index (Phi) is 6.36. The molecule has 1 aromatic rings. The minimum absolute atomic E-state index is 0.0829. The number of nitrogens with two attached hydrogens (primary N) is 1. The average Bonchev–Trinajstić information content (AvgIpc) is 2.39. The predicted octanol–water partition coefficient (Wildman–Crippen LogP) is 2.01. The van der Waals surface area contributed by atoms with Gasteiger partial charge < -0.3 is 15.8 Å². The summed E-state index contributed by atoms with van der Waals surface area (Å²) < 4.78 is 5.70. The van der Waals surface area contributed by atoms with Gasteiger partial charge in [0, 0.05) is 0 Å². The lowest BCUT2D eigenvalue weighted by Crippen LogP contribution is -2.43. The van der Waals surface area contributed by atoms with Gasteiger partial charge in [-0.15, -0.1) is 0 Å². The van der Waals surface area contributed by atoms with E-state index in [1.807, 2.05) is 45.0 Å². The van der Waals surface area contributed by atoms with Crippen LogP contribution < -0.4 is 15.8 Å². The number of aryl methyl sites for hydroxylation is 1. The number of nitrogens with one attached hydrogen (secondary N) is 1. The molecule has 0 fully saturated rings. The number of hydrogen-bond acceptors (Lipinski definition) is 3. The van der Waals surface area contributed by atoms with Gasteiger partial charge in [0.05, 0.1) is 12.6 Å². The van der Waals surface area contributed by atoms with Gasteiger partial charge in [0.1, 0.15) is 11.9 Å². The van der Waals surface area contributed by atoms with E-state index in [9.17, 15) is 4.79 Å². The highest BCUT2D eigenvalue weighted by molar-refractivity contribution is 5.81. The molecule has 19 heavy (non-hydrogen) atoms. The molecule has 1 rings (SSSR count). The van der Waals surface area contributed by atoms with E-state index in [0.717, 1.165) is 12.2 Å². The van der Waals surface area contributed by atoms with Gasteiger partial charge in [0.15, 0.2) is 0 Å². The number of amides is 1. The van der Waals surface area contributed by atoms with Gasteiger partial charge in [-0.25, -0.2) is 0 Å². The number of rotatable bonds is 7. The Labute approximate surface area is 115 Å². The second kappa shape index (κ2) is 7.79. The van der Waals surface area contributed by atoms with Crippen LogP contribution in [0.5, 0.6) is 5.75 Å². The van der Waals surface area contributed by atoms with Gasteiger partial charge in [-0.3, -0.25) is 4.79 Å². The number of benzene rings is 1. The molecule has 0 aliphatic heterocycles. The fourth-order valence-corrected chi connectivity index (χ4v) is 1.71. The molecule has 0 aliphatic rings. The fraction of sp³-hybridized carbons (Fsp3) is 0.533. The Bertz CT molecular complexity index is 390. The molecule has 2 atom stereocenters. The molecule has 0 radical (unpaired) electrons. The van der Waals surface area contributed by atoms with Crippen LogP contribution in [0.4, 0.5) is 0 Å². The van der Waals surface area contributed by atoms with E-state index in [1.165, 1.54) is 5.56 Å². The molecule has 1 amide bonds. The Balaban J connectivity index is 2.33. The van der Waals surface area contributed by atoms with Crippen molar-refractivity contribution < 1.29 is 9.53 Å². The molecule has 0 saturated carbocycles. The van der Waals surface area contributed by atoms with Crippen LogP contribution in [0.2, 0.25) is 0 Å². The van der Waals surface area contributed by atoms with Gasteiger partial charge in [-0.1, -0.05) is 31.0 Å². The molecule has 106 valence electrons. The van der Waals surface area contributed by atoms with Gasteiger partial charge in [0.25, 0.3) is 0 Å². The quantitative estimate of drug-likeness (QED) is 0.791. The maximum absolute atomic E-state index is 11.6. The van der Waals surface area contributed by atoms with Crippen LogP contribution in [-0.2, 0) is 4.79 Å². The first-order valence-corrected chi connectivity index (χ1v) is 6.79. The summed E-state index contributed by atoms with van der Waals surface area (Å²) in [4.78, 5) is 11.6. The van der Waals surface area contributed by atoms with E-state index in [1.54, 1.807) is 0 Å². The minimum Gasteiger partial charge on any atom is -0.489 e. The molecular weight excluding hydrogens is 240 g/mol. The third-order valence-corrected chi connectivity index (χ3v) is 2.86. The van der Waals surface area contributed by atoms with E-state index >= 15 is 0 Å². The maximum atomic E-state index is 11.6. The molecule has 1 aromatic carbocycles. The van der Waals surface area contributed by atoms with Crippen LogP contribution in [0.25, 0.3) is 0 Å². The van der Waals surface area contributed by atoms with Crippen molar-refractivity contribution in [2.75, 3.05) is 6.54 Å². The number of hydrogen-bond donors (Lipinski definition) is 2. The molecule has 4 nitrogen and oxygen atoms in total. The Morgan fingerprint density at radius 1 is 1.37 bits per heavy atom. The molecule has 0 heterocycles. The monoisotopic (exact) mass is 264 g/mol. The van der Waals surface area contributed by atoms with Crippen LogP contribution in [0.1, 0.15) is 32.3 Å². The van der Waals surface area contributed by atoms with Crippen LogP contribution in [0.3, 0.4) is 0 Å². The summed E-state index contributed by atoms with van der Waals surface area (Å²) in [5.74, 6) is 0.700. The van der Waals surface area contributed by atoms with Gasteiger partial charge in [-0.05, 0) is 32.4 Å². The van der Waals surface area contributed by atoms with E-state index in [4.69, 9.17) is 10.5 Å². The second-order valence-corrected chi connectivity index (χ2v) is 4.88. The molecule has 0 aliphatic carbocycles. The lowest BCUT2D eigenvalue weighted by Gasteiger charge is -2.17. The van der Waals surface area contributed by atoms with Crippen LogP contribution in [-0.4, -0.2) is 24.6 Å². The molecule has 4 heteroatoms. The van der Waals surface area contributed by atoms with Crippen molar-refractivity contribution >= 4 is 5.91 Å². The summed E-state index contributed by atoms with van der Waals surface area (Å²) >= 11 is 0. The first-order chi connectivity index (χ1) is 9.02. The summed E-state index contributed by atoms with van der Waals surface area (Å²) in [6, 6.07) is 7.43. The standard InChI is InChI=1S/C15H24N2O2/c1-4-5-14(16)15(18)17-10-12(3)19-13-8-6-11(2)7-9-13/h6-9,12,14H,4-5,10,16H2,1-3H3,(H,17,18). The highest BCUT2D eigenvalue weighted by atomic mass is 16.5. The van der Waals surface area contributed by atoms with Gasteiger partial charge in [0.2, 0.25) is 5.91 Å². The third-order valence-electron chi connectivity index (χ3n) is 2.86. The SMILES string of the molecule is CCCC(N)C(=O)NCC(C)Oc1ccc(C)cc1. The topological polar surface area (TPSA) is 64.4 Å². The number of carbonyl (C=O) groups excluding carboxylic acids is 1. The highest BCUT2D eigenvalue weighted by Gasteiger charge is 2.13. The lowest BCUT2D eigenvalue weighted by molar-refractivity contribution is -0.122. The van der Waals surface area contributed by atoms with Crippen molar-refractivity contribution in [3.63, 3.8) is 0 Å². The first kappa shape index (κ1) is 15.5. The van der Waals surface area contributed by atoms with Gasteiger partial charge >= 0.3 is 0 Å². The number of ether oxygens (including phenoxy) is 1. The predicted molar refractivity (Wildman–Crippen MR) is 77.2 cm³/mol. The summed E-state index contributed by atoms with van der Waals surface area (Å²) in [6.45, 7) is 6.43. The zero-order chi connectivity index (χ0) is 14.3. The molecule has 0 bridgehead atoms. The summed E-state index contributed by atoms with van der Waals surface area (Å²) in [7, 11) is 0. The average molecular weight is 264 g/mol. The summed E-state index contributed by atoms with van der Waals surface area (Å²) in [5, 5.41) is 2.81. The molecule has 0 saturated heterocycles. The van der Waals surface area contributed by atoms with Crippen LogP contribution in [0.15, 0.2) is 24.3 Å². The largest absolute Gasteiger partial charge is 0.489 e. The molecule has 0 spiro atoms. The molecule has 2 unspecified atom stereocenters. The van der Waals surface area contributed by atoms with E-state index in [-0.39, 0.29) is 12.0 Å². The van der Waals surface area contributed by atoms with Crippen molar-refractivity contribution in [2.45, 2.75) is 45.8 Å². The number of carbonyl (C=O) groups is 1. The maximum Gasteiger partial charge on any atom is 0.237 e. The third kappa shape index (κ3) is 5.75. The van der Waals surface area contributed by atoms with Crippen molar-refractivity contribution in [1.29, 1.82) is 0 Å².